The number of carbonyl (C=O) groups excluding carboxylic acids is 1. The lowest BCUT2D eigenvalue weighted by molar-refractivity contribution is -0.113. The van der Waals surface area contributed by atoms with E-state index >= 15 is 0 Å². The number of benzene rings is 2. The second-order valence-corrected chi connectivity index (χ2v) is 8.93. The molecule has 0 spiro atoms. The molecule has 2 aromatic heterocycles. The zero-order chi connectivity index (χ0) is 17.9. The molecule has 0 aliphatic heterocycles. The van der Waals surface area contributed by atoms with Gasteiger partial charge in [0.1, 0.15) is 0 Å². The number of anilines is 1. The molecule has 0 bridgehead atoms. The van der Waals surface area contributed by atoms with Crippen molar-refractivity contribution >= 4 is 56.2 Å². The number of hydrogen-bond donors (Lipinski definition) is 1. The predicted molar refractivity (Wildman–Crippen MR) is 111 cm³/mol. The van der Waals surface area contributed by atoms with Crippen molar-refractivity contribution in [3.8, 4) is 11.3 Å². The van der Waals surface area contributed by atoms with Crippen LogP contribution in [-0.2, 0) is 4.79 Å². The largest absolute Gasteiger partial charge is 0.325 e. The molecule has 0 unspecified atom stereocenters. The SMILES string of the molecule is Cc1nc(-c2cccc(NC(=O)CSc3nc4ccccc4s3)c2)cs1. The van der Waals surface area contributed by atoms with E-state index in [1.165, 1.54) is 11.8 Å². The molecule has 4 rings (SSSR count). The highest BCUT2D eigenvalue weighted by Crippen LogP contribution is 2.29. The number of fused-ring (bicyclic) bond motifs is 1. The van der Waals surface area contributed by atoms with Crippen LogP contribution in [0.25, 0.3) is 21.5 Å². The molecule has 130 valence electrons. The molecule has 0 fully saturated rings. The summed E-state index contributed by atoms with van der Waals surface area (Å²) in [5.41, 5.74) is 3.70. The van der Waals surface area contributed by atoms with Crippen LogP contribution in [0.2, 0.25) is 0 Å². The molecule has 0 atom stereocenters. The summed E-state index contributed by atoms with van der Waals surface area (Å²) >= 11 is 4.69. The maximum atomic E-state index is 12.3. The van der Waals surface area contributed by atoms with E-state index in [0.29, 0.717) is 5.75 Å². The van der Waals surface area contributed by atoms with Crippen molar-refractivity contribution in [3.63, 3.8) is 0 Å². The average Bonchev–Trinajstić information content (AvgIpc) is 3.26. The van der Waals surface area contributed by atoms with Crippen molar-refractivity contribution in [1.29, 1.82) is 0 Å². The number of nitrogens with zero attached hydrogens (tertiary/aromatic N) is 2. The summed E-state index contributed by atoms with van der Waals surface area (Å²) in [7, 11) is 0. The van der Waals surface area contributed by atoms with Crippen LogP contribution in [0.15, 0.2) is 58.3 Å². The highest BCUT2D eigenvalue weighted by atomic mass is 32.2. The summed E-state index contributed by atoms with van der Waals surface area (Å²) in [5.74, 6) is 0.292. The summed E-state index contributed by atoms with van der Waals surface area (Å²) in [6.07, 6.45) is 0. The first-order valence-corrected chi connectivity index (χ1v) is 10.7. The van der Waals surface area contributed by atoms with Gasteiger partial charge in [0, 0.05) is 16.6 Å². The van der Waals surface area contributed by atoms with Gasteiger partial charge < -0.3 is 5.32 Å². The van der Waals surface area contributed by atoms with E-state index in [-0.39, 0.29) is 5.91 Å². The Morgan fingerprint density at radius 1 is 1.15 bits per heavy atom. The number of rotatable bonds is 5. The molecule has 1 amide bonds. The first kappa shape index (κ1) is 17.2. The van der Waals surface area contributed by atoms with Gasteiger partial charge in [-0.2, -0.15) is 0 Å². The van der Waals surface area contributed by atoms with E-state index in [0.717, 1.165) is 36.5 Å². The van der Waals surface area contributed by atoms with Crippen molar-refractivity contribution in [2.45, 2.75) is 11.3 Å². The maximum Gasteiger partial charge on any atom is 0.234 e. The molecule has 1 N–H and O–H groups in total. The Bertz CT molecular complexity index is 1040. The fraction of sp³-hybridized carbons (Fsp3) is 0.105. The monoisotopic (exact) mass is 397 g/mol. The third-order valence-electron chi connectivity index (χ3n) is 3.66. The number of aromatic nitrogens is 2. The van der Waals surface area contributed by atoms with E-state index in [2.05, 4.69) is 15.3 Å². The fourth-order valence-electron chi connectivity index (χ4n) is 2.49. The minimum Gasteiger partial charge on any atom is -0.325 e. The topological polar surface area (TPSA) is 54.9 Å². The van der Waals surface area contributed by atoms with Gasteiger partial charge in [-0.15, -0.1) is 22.7 Å². The quantitative estimate of drug-likeness (QED) is 0.454. The van der Waals surface area contributed by atoms with Gasteiger partial charge in [-0.1, -0.05) is 36.0 Å². The molecule has 0 radical (unpaired) electrons. The normalized spacial score (nSPS) is 11.0. The van der Waals surface area contributed by atoms with Crippen LogP contribution in [0, 0.1) is 6.92 Å². The molecule has 0 aliphatic rings. The molecule has 7 heteroatoms. The van der Waals surface area contributed by atoms with E-state index in [4.69, 9.17) is 0 Å². The molecule has 4 aromatic rings. The van der Waals surface area contributed by atoms with Crippen molar-refractivity contribution in [1.82, 2.24) is 9.97 Å². The first-order chi connectivity index (χ1) is 12.7. The van der Waals surface area contributed by atoms with Crippen molar-refractivity contribution in [2.75, 3.05) is 11.1 Å². The van der Waals surface area contributed by atoms with Gasteiger partial charge in [0.15, 0.2) is 4.34 Å². The lowest BCUT2D eigenvalue weighted by Gasteiger charge is -2.06. The minimum atomic E-state index is -0.0409. The number of nitrogens with one attached hydrogen (secondary N) is 1. The van der Waals surface area contributed by atoms with Crippen molar-refractivity contribution in [3.05, 3.63) is 58.9 Å². The van der Waals surface area contributed by atoms with Gasteiger partial charge in [0.25, 0.3) is 0 Å². The smallest absolute Gasteiger partial charge is 0.234 e. The van der Waals surface area contributed by atoms with Crippen LogP contribution in [-0.4, -0.2) is 21.6 Å². The summed E-state index contributed by atoms with van der Waals surface area (Å²) in [6, 6.07) is 15.8. The van der Waals surface area contributed by atoms with Crippen LogP contribution >= 0.6 is 34.4 Å². The van der Waals surface area contributed by atoms with Gasteiger partial charge in [0.05, 0.1) is 26.7 Å². The predicted octanol–water partition coefficient (Wildman–Crippen LogP) is 5.46. The standard InChI is InChI=1S/C19H15N3OS3/c1-12-20-16(10-24-12)13-5-4-6-14(9-13)21-18(23)11-25-19-22-15-7-2-3-8-17(15)26-19/h2-10H,11H2,1H3,(H,21,23). The fourth-order valence-corrected chi connectivity index (χ4v) is 4.98. The zero-order valence-corrected chi connectivity index (χ0v) is 16.4. The zero-order valence-electron chi connectivity index (χ0n) is 13.9. The molecule has 2 aromatic carbocycles. The van der Waals surface area contributed by atoms with Gasteiger partial charge in [0.2, 0.25) is 5.91 Å². The highest BCUT2D eigenvalue weighted by Gasteiger charge is 2.09. The molecule has 26 heavy (non-hydrogen) atoms. The number of aryl methyl sites for hydroxylation is 1. The lowest BCUT2D eigenvalue weighted by atomic mass is 10.1. The summed E-state index contributed by atoms with van der Waals surface area (Å²) in [5, 5.41) is 6.01. The third-order valence-corrected chi connectivity index (χ3v) is 6.61. The second kappa shape index (κ2) is 7.57. The number of thioether (sulfide) groups is 1. The molecule has 0 aliphatic carbocycles. The molecule has 4 nitrogen and oxygen atoms in total. The van der Waals surface area contributed by atoms with Crippen LogP contribution in [0.3, 0.4) is 0 Å². The third kappa shape index (κ3) is 3.95. The van der Waals surface area contributed by atoms with Gasteiger partial charge in [-0.25, -0.2) is 9.97 Å². The summed E-state index contributed by atoms with van der Waals surface area (Å²) in [4.78, 5) is 21.3. The van der Waals surface area contributed by atoms with Gasteiger partial charge in [-0.3, -0.25) is 4.79 Å². The van der Waals surface area contributed by atoms with E-state index in [1.54, 1.807) is 22.7 Å². The van der Waals surface area contributed by atoms with E-state index in [9.17, 15) is 4.79 Å². The first-order valence-electron chi connectivity index (χ1n) is 7.98. The maximum absolute atomic E-state index is 12.3. The minimum absolute atomic E-state index is 0.0409. The van der Waals surface area contributed by atoms with Crippen molar-refractivity contribution in [2.24, 2.45) is 0 Å². The van der Waals surface area contributed by atoms with Crippen LogP contribution < -0.4 is 5.32 Å². The van der Waals surface area contributed by atoms with Crippen LogP contribution in [0.4, 0.5) is 5.69 Å². The highest BCUT2D eigenvalue weighted by molar-refractivity contribution is 8.01. The average molecular weight is 398 g/mol. The van der Waals surface area contributed by atoms with Gasteiger partial charge >= 0.3 is 0 Å². The Morgan fingerprint density at radius 2 is 2.04 bits per heavy atom. The lowest BCUT2D eigenvalue weighted by Crippen LogP contribution is -2.13. The van der Waals surface area contributed by atoms with E-state index in [1.807, 2.05) is 60.8 Å². The van der Waals surface area contributed by atoms with Crippen molar-refractivity contribution < 1.29 is 4.79 Å². The molecular weight excluding hydrogens is 382 g/mol. The van der Waals surface area contributed by atoms with E-state index < -0.39 is 0 Å². The Balaban J connectivity index is 1.40. The number of para-hydroxylation sites is 1. The number of carbonyl (C=O) groups is 1. The second-order valence-electron chi connectivity index (χ2n) is 5.62. The Kier molecular flexibility index (Phi) is 5.01. The molecule has 0 saturated carbocycles. The Morgan fingerprint density at radius 3 is 2.85 bits per heavy atom. The molecular formula is C19H15N3OS3. The summed E-state index contributed by atoms with van der Waals surface area (Å²) < 4.78 is 2.05. The molecule has 2 heterocycles. The number of thiazole rings is 2. The van der Waals surface area contributed by atoms with Crippen LogP contribution in [0.1, 0.15) is 5.01 Å². The number of hydrogen-bond acceptors (Lipinski definition) is 6. The van der Waals surface area contributed by atoms with Gasteiger partial charge in [-0.05, 0) is 31.2 Å². The molecule has 0 saturated heterocycles. The summed E-state index contributed by atoms with van der Waals surface area (Å²) in [6.45, 7) is 1.99. The Labute approximate surface area is 163 Å². The van der Waals surface area contributed by atoms with Crippen LogP contribution in [0.5, 0.6) is 0 Å². The Hall–Kier alpha value is -2.22. The number of amides is 1.